The summed E-state index contributed by atoms with van der Waals surface area (Å²) in [5.74, 6) is 1.03. The van der Waals surface area contributed by atoms with Crippen molar-refractivity contribution in [1.82, 2.24) is 15.2 Å². The number of nitrogens with one attached hydrogen (secondary N) is 1. The Morgan fingerprint density at radius 3 is 2.71 bits per heavy atom. The van der Waals surface area contributed by atoms with Crippen molar-refractivity contribution in [3.05, 3.63) is 11.1 Å². The van der Waals surface area contributed by atoms with E-state index in [0.29, 0.717) is 5.41 Å². The monoisotopic (exact) mass is 463 g/mol. The highest BCUT2D eigenvalue weighted by atomic mass is 127. The van der Waals surface area contributed by atoms with Crippen LogP contribution in [0.4, 0.5) is 5.13 Å². The molecule has 1 N–H and O–H groups in total. The molecule has 2 fully saturated rings. The third kappa shape index (κ3) is 4.53. The zero-order valence-electron chi connectivity index (χ0n) is 15.0. The number of thiazole rings is 1. The van der Waals surface area contributed by atoms with Crippen LogP contribution in [0.3, 0.4) is 0 Å². The summed E-state index contributed by atoms with van der Waals surface area (Å²) in [5.41, 5.74) is 1.65. The third-order valence-corrected chi connectivity index (χ3v) is 6.27. The first-order valence-electron chi connectivity index (χ1n) is 8.69. The van der Waals surface area contributed by atoms with E-state index in [1.165, 1.54) is 45.1 Å². The van der Waals surface area contributed by atoms with Crippen LogP contribution in [0.5, 0.6) is 0 Å². The lowest BCUT2D eigenvalue weighted by atomic mass is 9.73. The molecule has 7 heteroatoms. The van der Waals surface area contributed by atoms with Crippen LogP contribution in [-0.2, 0) is 6.54 Å². The molecule has 1 saturated carbocycles. The zero-order chi connectivity index (χ0) is 16.3. The van der Waals surface area contributed by atoms with E-state index in [1.807, 2.05) is 21.1 Å². The maximum Gasteiger partial charge on any atom is 0.193 e. The first kappa shape index (κ1) is 19.8. The van der Waals surface area contributed by atoms with Crippen LogP contribution in [0.25, 0.3) is 0 Å². The molecule has 0 unspecified atom stereocenters. The number of nitrogens with zero attached hydrogens (tertiary/aromatic N) is 4. The molecule has 1 aliphatic carbocycles. The molecule has 5 nitrogen and oxygen atoms in total. The number of likely N-dealkylation sites (tertiary alicyclic amines) is 1. The lowest BCUT2D eigenvalue weighted by molar-refractivity contribution is 0.203. The second kappa shape index (κ2) is 8.69. The van der Waals surface area contributed by atoms with Crippen LogP contribution < -0.4 is 10.2 Å². The van der Waals surface area contributed by atoms with Crippen molar-refractivity contribution >= 4 is 46.4 Å². The summed E-state index contributed by atoms with van der Waals surface area (Å²) in [7, 11) is 5.95. The Morgan fingerprint density at radius 1 is 1.33 bits per heavy atom. The fraction of sp³-hybridized carbons (Fsp3) is 0.765. The first-order chi connectivity index (χ1) is 11.1. The highest BCUT2D eigenvalue weighted by Crippen LogP contribution is 2.43. The number of aromatic nitrogens is 1. The minimum Gasteiger partial charge on any atom is -0.354 e. The number of rotatable bonds is 3. The van der Waals surface area contributed by atoms with Crippen molar-refractivity contribution in [1.29, 1.82) is 0 Å². The minimum absolute atomic E-state index is 0. The van der Waals surface area contributed by atoms with Crippen LogP contribution in [-0.4, -0.2) is 50.1 Å². The Bertz CT molecular complexity index is 551. The predicted molar refractivity (Wildman–Crippen MR) is 114 cm³/mol. The van der Waals surface area contributed by atoms with E-state index in [2.05, 4.69) is 30.5 Å². The van der Waals surface area contributed by atoms with Gasteiger partial charge in [0.2, 0.25) is 0 Å². The van der Waals surface area contributed by atoms with Gasteiger partial charge < -0.3 is 15.1 Å². The second-order valence-electron chi connectivity index (χ2n) is 7.15. The molecule has 136 valence electrons. The van der Waals surface area contributed by atoms with E-state index in [4.69, 9.17) is 0 Å². The lowest BCUT2D eigenvalue weighted by Gasteiger charge is -2.33. The average molecular weight is 463 g/mol. The van der Waals surface area contributed by atoms with Gasteiger partial charge in [-0.2, -0.15) is 0 Å². The maximum absolute atomic E-state index is 4.63. The Hall–Kier alpha value is -0.570. The van der Waals surface area contributed by atoms with Crippen molar-refractivity contribution in [3.63, 3.8) is 0 Å². The number of guanidine groups is 1. The summed E-state index contributed by atoms with van der Waals surface area (Å²) >= 11 is 1.69. The Labute approximate surface area is 166 Å². The summed E-state index contributed by atoms with van der Waals surface area (Å²) < 4.78 is 0. The lowest BCUT2D eigenvalue weighted by Crippen LogP contribution is -2.41. The third-order valence-electron chi connectivity index (χ3n) is 5.21. The SMILES string of the molecule is CN=C(NCc1csc(N(C)C)n1)N1CCC2(CCCCC2)C1.I. The number of halogens is 1. The molecule has 0 amide bonds. The van der Waals surface area contributed by atoms with Gasteiger partial charge >= 0.3 is 0 Å². The fourth-order valence-corrected chi connectivity index (χ4v) is 4.67. The van der Waals surface area contributed by atoms with E-state index < -0.39 is 0 Å². The fourth-order valence-electron chi connectivity index (χ4n) is 3.91. The highest BCUT2D eigenvalue weighted by Gasteiger charge is 2.39. The van der Waals surface area contributed by atoms with Crippen LogP contribution >= 0.6 is 35.3 Å². The van der Waals surface area contributed by atoms with Crippen LogP contribution in [0, 0.1) is 5.41 Å². The molecule has 2 heterocycles. The predicted octanol–water partition coefficient (Wildman–Crippen LogP) is 3.56. The number of aliphatic imine (C=N–C) groups is 1. The molecular weight excluding hydrogens is 433 g/mol. The summed E-state index contributed by atoms with van der Waals surface area (Å²) in [6.07, 6.45) is 8.37. The number of hydrogen-bond acceptors (Lipinski definition) is 4. The van der Waals surface area contributed by atoms with E-state index in [1.54, 1.807) is 11.3 Å². The molecule has 0 aromatic carbocycles. The summed E-state index contributed by atoms with van der Waals surface area (Å²) in [5, 5.41) is 6.69. The summed E-state index contributed by atoms with van der Waals surface area (Å²) in [4.78, 5) is 13.6. The van der Waals surface area contributed by atoms with Crippen LogP contribution in [0.1, 0.15) is 44.2 Å². The highest BCUT2D eigenvalue weighted by molar-refractivity contribution is 14.0. The van der Waals surface area contributed by atoms with Crippen molar-refractivity contribution < 1.29 is 0 Å². The molecular formula is C17H30IN5S. The van der Waals surface area contributed by atoms with Crippen molar-refractivity contribution in [2.75, 3.05) is 39.1 Å². The van der Waals surface area contributed by atoms with Gasteiger partial charge in [0.25, 0.3) is 0 Å². The molecule has 1 saturated heterocycles. The van der Waals surface area contributed by atoms with Gasteiger partial charge in [-0.15, -0.1) is 35.3 Å². The molecule has 1 spiro atoms. The van der Waals surface area contributed by atoms with Gasteiger partial charge in [-0.3, -0.25) is 4.99 Å². The number of anilines is 1. The molecule has 3 rings (SSSR count). The molecule has 24 heavy (non-hydrogen) atoms. The number of hydrogen-bond donors (Lipinski definition) is 1. The largest absolute Gasteiger partial charge is 0.354 e. The molecule has 1 aromatic heterocycles. The topological polar surface area (TPSA) is 43.8 Å². The van der Waals surface area contributed by atoms with E-state index in [-0.39, 0.29) is 24.0 Å². The smallest absolute Gasteiger partial charge is 0.193 e. The van der Waals surface area contributed by atoms with E-state index in [0.717, 1.165) is 29.9 Å². The summed E-state index contributed by atoms with van der Waals surface area (Å²) in [6.45, 7) is 3.06. The zero-order valence-corrected chi connectivity index (χ0v) is 18.2. The van der Waals surface area contributed by atoms with E-state index in [9.17, 15) is 0 Å². The van der Waals surface area contributed by atoms with Gasteiger partial charge in [-0.25, -0.2) is 4.98 Å². The Kier molecular flexibility index (Phi) is 7.15. The molecule has 1 aromatic rings. The quantitative estimate of drug-likeness (QED) is 0.423. The van der Waals surface area contributed by atoms with Gasteiger partial charge in [0.05, 0.1) is 12.2 Å². The average Bonchev–Trinajstić information content (AvgIpc) is 3.17. The van der Waals surface area contributed by atoms with Crippen molar-refractivity contribution in [2.45, 2.75) is 45.1 Å². The van der Waals surface area contributed by atoms with Gasteiger partial charge in [-0.05, 0) is 24.7 Å². The Balaban J connectivity index is 0.00000208. The maximum atomic E-state index is 4.63. The molecule has 1 aliphatic heterocycles. The summed E-state index contributed by atoms with van der Waals surface area (Å²) in [6, 6.07) is 0. The first-order valence-corrected chi connectivity index (χ1v) is 9.57. The van der Waals surface area contributed by atoms with E-state index >= 15 is 0 Å². The standard InChI is InChI=1S/C17H29N5S.HI/c1-18-15(19-11-14-12-23-16(20-14)21(2)3)22-10-9-17(13-22)7-5-4-6-8-17;/h12H,4-11,13H2,1-3H3,(H,18,19);1H. The molecule has 0 atom stereocenters. The van der Waals surface area contributed by atoms with Gasteiger partial charge in [0.15, 0.2) is 11.1 Å². The Morgan fingerprint density at radius 2 is 2.08 bits per heavy atom. The minimum atomic E-state index is 0. The van der Waals surface area contributed by atoms with Gasteiger partial charge in [0.1, 0.15) is 0 Å². The molecule has 2 aliphatic rings. The normalized spacial score (nSPS) is 20.1. The van der Waals surface area contributed by atoms with Crippen LogP contribution in [0.2, 0.25) is 0 Å². The van der Waals surface area contributed by atoms with Gasteiger partial charge in [0, 0.05) is 39.6 Å². The van der Waals surface area contributed by atoms with Crippen molar-refractivity contribution in [2.24, 2.45) is 10.4 Å². The van der Waals surface area contributed by atoms with Crippen molar-refractivity contribution in [3.8, 4) is 0 Å². The second-order valence-corrected chi connectivity index (χ2v) is 7.99. The molecule has 0 radical (unpaired) electrons. The van der Waals surface area contributed by atoms with Crippen LogP contribution in [0.15, 0.2) is 10.4 Å². The van der Waals surface area contributed by atoms with Gasteiger partial charge in [-0.1, -0.05) is 19.3 Å². The molecule has 0 bridgehead atoms.